The van der Waals surface area contributed by atoms with Gasteiger partial charge in [0.25, 0.3) is 0 Å². The molecule has 2 fully saturated rings. The fourth-order valence-electron chi connectivity index (χ4n) is 6.42. The molecule has 5 rings (SSSR count). The summed E-state index contributed by atoms with van der Waals surface area (Å²) in [5.41, 5.74) is 3.32. The molecule has 0 aliphatic heterocycles. The molecule has 1 amide bonds. The zero-order valence-corrected chi connectivity index (χ0v) is 21.0. The average molecular weight is 536 g/mol. The van der Waals surface area contributed by atoms with Crippen LogP contribution < -0.4 is 5.73 Å². The number of nitrogens with zero attached hydrogens (tertiary/aromatic N) is 1. The highest BCUT2D eigenvalue weighted by Gasteiger charge is 2.70. The minimum Gasteiger partial charge on any atom is -0.507 e. The molecular formula is C28H27N2O9. The van der Waals surface area contributed by atoms with Gasteiger partial charge >= 0.3 is 0 Å². The number of likely N-dealkylation sites (N-methyl/N-ethyl adjacent to an activating group) is 1. The molecule has 0 heterocycles. The molecule has 2 aromatic carbocycles. The van der Waals surface area contributed by atoms with E-state index in [2.05, 4.69) is 0 Å². The van der Waals surface area contributed by atoms with Gasteiger partial charge in [0.05, 0.1) is 17.8 Å². The third-order valence-corrected chi connectivity index (χ3v) is 8.16. The lowest BCUT2D eigenvalue weighted by Crippen LogP contribution is -2.76. The number of primary amides is 1. The lowest BCUT2D eigenvalue weighted by molar-refractivity contribution is -0.197. The van der Waals surface area contributed by atoms with Crippen molar-refractivity contribution in [1.29, 1.82) is 0 Å². The molecule has 3 aliphatic rings. The van der Waals surface area contributed by atoms with Crippen LogP contribution in [0.3, 0.4) is 0 Å². The maximum absolute atomic E-state index is 13.9. The molecule has 7 N–H and O–H groups in total. The van der Waals surface area contributed by atoms with Crippen molar-refractivity contribution in [2.45, 2.75) is 23.9 Å². The Bertz CT molecular complexity index is 1460. The third-order valence-electron chi connectivity index (χ3n) is 8.16. The van der Waals surface area contributed by atoms with E-state index in [4.69, 9.17) is 5.73 Å². The number of aliphatic hydroxyl groups excluding tert-OH is 3. The first-order valence-electron chi connectivity index (χ1n) is 12.2. The van der Waals surface area contributed by atoms with Crippen molar-refractivity contribution >= 4 is 29.5 Å². The zero-order valence-electron chi connectivity index (χ0n) is 21.0. The number of aldehydes is 1. The molecule has 0 spiro atoms. The summed E-state index contributed by atoms with van der Waals surface area (Å²) in [5, 5.41) is 56.2. The number of rotatable bonds is 4. The monoisotopic (exact) mass is 535 g/mol. The summed E-state index contributed by atoms with van der Waals surface area (Å²) in [7, 11) is 2.97. The number of benzene rings is 2. The maximum atomic E-state index is 13.9. The molecule has 7 atom stereocenters. The van der Waals surface area contributed by atoms with Gasteiger partial charge in [0.1, 0.15) is 23.7 Å². The van der Waals surface area contributed by atoms with Crippen molar-refractivity contribution in [1.82, 2.24) is 4.90 Å². The van der Waals surface area contributed by atoms with Crippen molar-refractivity contribution in [2.24, 2.45) is 23.5 Å². The summed E-state index contributed by atoms with van der Waals surface area (Å²) in [6.07, 6.45) is -1.34. The van der Waals surface area contributed by atoms with Crippen LogP contribution >= 0.6 is 0 Å². The molecule has 1 radical (unpaired) electrons. The van der Waals surface area contributed by atoms with E-state index >= 15 is 0 Å². The smallest absolute Gasteiger partial charge is 0.230 e. The van der Waals surface area contributed by atoms with E-state index in [0.29, 0.717) is 23.0 Å². The number of aromatic hydroxyl groups is 1. The number of carbonyl (C=O) groups excluding carboxylic acids is 4. The Morgan fingerprint density at radius 1 is 1.08 bits per heavy atom. The van der Waals surface area contributed by atoms with Crippen LogP contribution in [0.5, 0.6) is 5.75 Å². The van der Waals surface area contributed by atoms with E-state index in [9.17, 15) is 44.7 Å². The van der Waals surface area contributed by atoms with Gasteiger partial charge in [-0.15, -0.1) is 0 Å². The predicted octanol–water partition coefficient (Wildman–Crippen LogP) is -0.411. The summed E-state index contributed by atoms with van der Waals surface area (Å²) < 4.78 is 0. The second-order valence-corrected chi connectivity index (χ2v) is 10.4. The van der Waals surface area contributed by atoms with E-state index in [1.165, 1.54) is 31.5 Å². The van der Waals surface area contributed by atoms with Crippen LogP contribution in [0.2, 0.25) is 0 Å². The second kappa shape index (κ2) is 9.09. The van der Waals surface area contributed by atoms with Gasteiger partial charge in [-0.25, -0.2) is 0 Å². The van der Waals surface area contributed by atoms with Gasteiger partial charge in [0, 0.05) is 35.4 Å². The van der Waals surface area contributed by atoms with E-state index in [-0.39, 0.29) is 11.1 Å². The molecule has 2 aromatic rings. The first kappa shape index (κ1) is 26.7. The number of ketones is 2. The molecule has 203 valence electrons. The molecule has 3 aliphatic carbocycles. The average Bonchev–Trinajstić information content (AvgIpc) is 2.88. The standard InChI is InChI=1S/C28H27N2O9/c1-30(2)21-20-22(33)15-9-14-13(12-5-3-4-11(8-12)10-31)6-7-16(32)17(14)23(34)18(15)25(36)28(20,39)26(37)19(24(21)35)27(29)38/h3-10,15,19-22,24,32-35,39H,1-2H3,(H2,29,38)/t15-,19?,20-,21+,22+,24?,28+/m0/s1. The minimum atomic E-state index is -3.00. The summed E-state index contributed by atoms with van der Waals surface area (Å²) in [5.74, 6) is -9.87. The molecular weight excluding hydrogens is 508 g/mol. The Morgan fingerprint density at radius 3 is 2.38 bits per heavy atom. The van der Waals surface area contributed by atoms with Gasteiger partial charge in [0.15, 0.2) is 11.4 Å². The largest absolute Gasteiger partial charge is 0.507 e. The first-order chi connectivity index (χ1) is 18.4. The van der Waals surface area contributed by atoms with Gasteiger partial charge in [-0.1, -0.05) is 24.3 Å². The minimum absolute atomic E-state index is 0.170. The van der Waals surface area contributed by atoms with Crippen LogP contribution in [0.15, 0.2) is 42.0 Å². The molecule has 11 nitrogen and oxygen atoms in total. The topological polar surface area (TPSA) is 199 Å². The Morgan fingerprint density at radius 2 is 1.77 bits per heavy atom. The van der Waals surface area contributed by atoms with E-state index in [1.54, 1.807) is 30.3 Å². The normalized spacial score (nSPS) is 31.9. The highest BCUT2D eigenvalue weighted by atomic mass is 16.3. The van der Waals surface area contributed by atoms with Gasteiger partial charge < -0.3 is 36.2 Å². The zero-order chi connectivity index (χ0) is 28.5. The molecule has 0 bridgehead atoms. The summed E-state index contributed by atoms with van der Waals surface area (Å²) in [4.78, 5) is 52.2. The SMILES string of the molecule is CN(C)[C@H]1C(O)C(C(N)=O)C(=O)[C@]2(O)C(=O)C3=C(O)c4c(O)ccc(-c5cccc(C=O)c5)c4[CH][C@@H]3[C@@H](O)[C@H]12. The molecule has 0 aromatic heterocycles. The van der Waals surface area contributed by atoms with Crippen molar-refractivity contribution in [3.8, 4) is 16.9 Å². The van der Waals surface area contributed by atoms with Crippen LogP contribution in [0.4, 0.5) is 0 Å². The summed E-state index contributed by atoms with van der Waals surface area (Å²) in [6.45, 7) is 0. The quantitative estimate of drug-likeness (QED) is 0.221. The molecule has 11 heteroatoms. The Balaban J connectivity index is 1.75. The highest BCUT2D eigenvalue weighted by molar-refractivity contribution is 6.25. The van der Waals surface area contributed by atoms with E-state index < -0.39 is 76.2 Å². The van der Waals surface area contributed by atoms with E-state index in [0.717, 1.165) is 0 Å². The van der Waals surface area contributed by atoms with Crippen molar-refractivity contribution in [3.63, 3.8) is 0 Å². The number of Topliss-reactive ketones (excluding diaryl/α,β-unsaturated/α-hetero) is 2. The lowest BCUT2D eigenvalue weighted by Gasteiger charge is -2.55. The molecule has 0 saturated heterocycles. The number of hydrogen-bond donors (Lipinski definition) is 6. The van der Waals surface area contributed by atoms with Crippen LogP contribution in [0, 0.1) is 24.2 Å². The van der Waals surface area contributed by atoms with Gasteiger partial charge in [-0.05, 0) is 42.9 Å². The maximum Gasteiger partial charge on any atom is 0.230 e. The van der Waals surface area contributed by atoms with Crippen LogP contribution in [0.25, 0.3) is 16.9 Å². The number of phenols is 1. The van der Waals surface area contributed by atoms with Crippen molar-refractivity contribution in [2.75, 3.05) is 14.1 Å². The van der Waals surface area contributed by atoms with E-state index in [1.807, 2.05) is 0 Å². The lowest BCUT2D eigenvalue weighted by atomic mass is 9.53. The number of amides is 1. The summed E-state index contributed by atoms with van der Waals surface area (Å²) in [6, 6.07) is 8.11. The second-order valence-electron chi connectivity index (χ2n) is 10.4. The Labute approximate surface area is 222 Å². The third kappa shape index (κ3) is 3.58. The van der Waals surface area contributed by atoms with Crippen molar-refractivity contribution < 1.29 is 44.7 Å². The number of hydrogen-bond acceptors (Lipinski definition) is 10. The summed E-state index contributed by atoms with van der Waals surface area (Å²) >= 11 is 0. The molecule has 2 saturated carbocycles. The fraction of sp³-hybridized carbons (Fsp3) is 0.321. The van der Waals surface area contributed by atoms with Gasteiger partial charge in [0.2, 0.25) is 11.7 Å². The number of fused-ring (bicyclic) bond motifs is 3. The number of phenolic OH excluding ortho intramolecular Hbond substituents is 1. The molecule has 2 unspecified atom stereocenters. The number of nitrogens with two attached hydrogens (primary N) is 1. The van der Waals surface area contributed by atoms with Crippen LogP contribution in [0.1, 0.15) is 21.5 Å². The van der Waals surface area contributed by atoms with Crippen LogP contribution in [-0.2, 0) is 14.4 Å². The fourth-order valence-corrected chi connectivity index (χ4v) is 6.42. The van der Waals surface area contributed by atoms with Crippen molar-refractivity contribution in [3.05, 3.63) is 65.1 Å². The predicted molar refractivity (Wildman–Crippen MR) is 136 cm³/mol. The van der Waals surface area contributed by atoms with Crippen LogP contribution in [-0.4, -0.2) is 92.1 Å². The highest BCUT2D eigenvalue weighted by Crippen LogP contribution is 2.54. The Hall–Kier alpha value is -3.90. The molecule has 39 heavy (non-hydrogen) atoms. The first-order valence-corrected chi connectivity index (χ1v) is 12.2. The van der Waals surface area contributed by atoms with Gasteiger partial charge in [-0.2, -0.15) is 0 Å². The number of aliphatic hydroxyl groups is 4. The van der Waals surface area contributed by atoms with Gasteiger partial charge in [-0.3, -0.25) is 19.2 Å². The number of carbonyl (C=O) groups is 4. The Kier molecular flexibility index (Phi) is 6.22.